The van der Waals surface area contributed by atoms with Crippen molar-refractivity contribution in [2.75, 3.05) is 13.1 Å². The zero-order valence-electron chi connectivity index (χ0n) is 15.7. The summed E-state index contributed by atoms with van der Waals surface area (Å²) in [6.07, 6.45) is 2.26. The van der Waals surface area contributed by atoms with E-state index in [2.05, 4.69) is 20.7 Å². The number of nitrogens with one attached hydrogen (secondary N) is 3. The van der Waals surface area contributed by atoms with E-state index in [9.17, 15) is 9.59 Å². The lowest BCUT2D eigenvalue weighted by atomic mass is 10.1. The van der Waals surface area contributed by atoms with Crippen molar-refractivity contribution >= 4 is 22.6 Å². The molecule has 144 valence electrons. The van der Waals surface area contributed by atoms with E-state index in [1.807, 2.05) is 30.5 Å². The second-order valence-electron chi connectivity index (χ2n) is 7.69. The summed E-state index contributed by atoms with van der Waals surface area (Å²) in [6.45, 7) is 4.17. The van der Waals surface area contributed by atoms with Crippen molar-refractivity contribution < 1.29 is 9.59 Å². The molecule has 1 saturated heterocycles. The number of fused-ring (bicyclic) bond motifs is 2. The average Bonchev–Trinajstić information content (AvgIpc) is 3.22. The quantitative estimate of drug-likeness (QED) is 0.573. The molecule has 3 atom stereocenters. The number of aromatic nitrogens is 3. The Labute approximate surface area is 162 Å². The molecule has 1 amide bonds. The Balaban J connectivity index is 1.45. The van der Waals surface area contributed by atoms with Crippen LogP contribution in [0.3, 0.4) is 0 Å². The zero-order chi connectivity index (χ0) is 19.3. The number of benzene rings is 1. The second-order valence-corrected chi connectivity index (χ2v) is 7.69. The standard InChI is InChI=1S/C21H23N5O2/c1-2-19(27)17-8-18(21(28)24-20-14-9-22-10-15(14)20)26(25-17)11-12-4-3-5-16-13(12)6-7-23-16/h3-8,14-15,20,22-23H,2,9-11H2,1H3,(H,24,28)/t14-,15+,20?. The number of carbonyl (C=O) groups is 2. The number of hydrogen-bond donors (Lipinski definition) is 3. The first-order chi connectivity index (χ1) is 13.7. The monoisotopic (exact) mass is 377 g/mol. The Bertz CT molecular complexity index is 1060. The van der Waals surface area contributed by atoms with E-state index in [1.54, 1.807) is 17.7 Å². The fourth-order valence-corrected chi connectivity index (χ4v) is 4.34. The SMILES string of the molecule is CCC(=O)c1cc(C(=O)NC2[C@H]3CNC[C@@H]23)n(Cc2cccc3[nH]ccc23)n1. The molecule has 2 aliphatic rings. The average molecular weight is 377 g/mol. The Morgan fingerprint density at radius 3 is 2.86 bits per heavy atom. The van der Waals surface area contributed by atoms with E-state index in [-0.39, 0.29) is 17.7 Å². The van der Waals surface area contributed by atoms with Crippen molar-refractivity contribution in [3.05, 3.63) is 53.5 Å². The third kappa shape index (κ3) is 2.82. The molecule has 1 saturated carbocycles. The summed E-state index contributed by atoms with van der Waals surface area (Å²) in [7, 11) is 0. The minimum Gasteiger partial charge on any atom is -0.361 e. The molecule has 7 nitrogen and oxygen atoms in total. The van der Waals surface area contributed by atoms with Gasteiger partial charge in [0.15, 0.2) is 5.78 Å². The van der Waals surface area contributed by atoms with Crippen LogP contribution in [0.25, 0.3) is 10.9 Å². The molecule has 28 heavy (non-hydrogen) atoms. The van der Waals surface area contributed by atoms with Crippen LogP contribution < -0.4 is 10.6 Å². The number of nitrogens with zero attached hydrogens (tertiary/aromatic N) is 2. The molecule has 3 heterocycles. The van der Waals surface area contributed by atoms with Crippen LogP contribution in [0.1, 0.15) is 39.9 Å². The predicted molar refractivity (Wildman–Crippen MR) is 105 cm³/mol. The first-order valence-corrected chi connectivity index (χ1v) is 9.83. The summed E-state index contributed by atoms with van der Waals surface area (Å²) < 4.78 is 1.66. The lowest BCUT2D eigenvalue weighted by Gasteiger charge is -2.10. The number of rotatable bonds is 6. The first-order valence-electron chi connectivity index (χ1n) is 9.83. The Morgan fingerprint density at radius 2 is 2.07 bits per heavy atom. The molecule has 3 N–H and O–H groups in total. The molecule has 0 spiro atoms. The summed E-state index contributed by atoms with van der Waals surface area (Å²) >= 11 is 0. The van der Waals surface area contributed by atoms with Gasteiger partial charge in [0.2, 0.25) is 0 Å². The molecule has 3 aromatic rings. The van der Waals surface area contributed by atoms with Gasteiger partial charge >= 0.3 is 0 Å². The fraction of sp³-hybridized carbons (Fsp3) is 0.381. The minimum atomic E-state index is -0.150. The van der Waals surface area contributed by atoms with E-state index < -0.39 is 0 Å². The number of aromatic amines is 1. The van der Waals surface area contributed by atoms with Crippen LogP contribution in [0.2, 0.25) is 0 Å². The van der Waals surface area contributed by atoms with Gasteiger partial charge in [0.1, 0.15) is 11.4 Å². The van der Waals surface area contributed by atoms with Crippen molar-refractivity contribution in [1.29, 1.82) is 0 Å². The van der Waals surface area contributed by atoms with Crippen LogP contribution in [0.5, 0.6) is 0 Å². The van der Waals surface area contributed by atoms with Gasteiger partial charge in [0, 0.05) is 48.7 Å². The molecule has 5 rings (SSSR count). The van der Waals surface area contributed by atoms with Gasteiger partial charge in [-0.05, 0) is 29.5 Å². The molecular weight excluding hydrogens is 354 g/mol. The lowest BCUT2D eigenvalue weighted by molar-refractivity contribution is 0.0935. The van der Waals surface area contributed by atoms with Gasteiger partial charge in [0.05, 0.1) is 6.54 Å². The van der Waals surface area contributed by atoms with E-state index in [4.69, 9.17) is 0 Å². The summed E-state index contributed by atoms with van der Waals surface area (Å²) in [5.74, 6) is 0.861. The number of carbonyl (C=O) groups excluding carboxylic acids is 2. The largest absolute Gasteiger partial charge is 0.361 e. The van der Waals surface area contributed by atoms with Gasteiger partial charge in [-0.25, -0.2) is 0 Å². The molecule has 0 bridgehead atoms. The van der Waals surface area contributed by atoms with Crippen LogP contribution in [0.15, 0.2) is 36.5 Å². The normalized spacial score (nSPS) is 23.0. The highest BCUT2D eigenvalue weighted by atomic mass is 16.2. The lowest BCUT2D eigenvalue weighted by Crippen LogP contribution is -2.33. The van der Waals surface area contributed by atoms with Crippen molar-refractivity contribution in [3.8, 4) is 0 Å². The molecule has 1 aromatic carbocycles. The third-order valence-electron chi connectivity index (χ3n) is 6.01. The van der Waals surface area contributed by atoms with Crippen molar-refractivity contribution in [1.82, 2.24) is 25.4 Å². The van der Waals surface area contributed by atoms with Gasteiger partial charge < -0.3 is 15.6 Å². The number of Topliss-reactive ketones (excluding diaryl/α,β-unsaturated/α-hetero) is 1. The molecule has 2 aromatic heterocycles. The highest BCUT2D eigenvalue weighted by molar-refractivity contribution is 5.99. The Morgan fingerprint density at radius 1 is 1.25 bits per heavy atom. The molecule has 7 heteroatoms. The van der Waals surface area contributed by atoms with Gasteiger partial charge in [-0.1, -0.05) is 19.1 Å². The summed E-state index contributed by atoms with van der Waals surface area (Å²) in [5, 5.41) is 12.0. The summed E-state index contributed by atoms with van der Waals surface area (Å²) in [5.41, 5.74) is 2.89. The Kier molecular flexibility index (Phi) is 4.05. The summed E-state index contributed by atoms with van der Waals surface area (Å²) in [6, 6.07) is 9.91. The van der Waals surface area contributed by atoms with Gasteiger partial charge in [0.25, 0.3) is 5.91 Å². The summed E-state index contributed by atoms with van der Waals surface area (Å²) in [4.78, 5) is 28.4. The minimum absolute atomic E-state index is 0.0554. The van der Waals surface area contributed by atoms with Crippen LogP contribution in [-0.4, -0.2) is 45.6 Å². The third-order valence-corrected chi connectivity index (χ3v) is 6.01. The molecular formula is C21H23N5O2. The van der Waals surface area contributed by atoms with Crippen LogP contribution >= 0.6 is 0 Å². The number of hydrogen-bond acceptors (Lipinski definition) is 4. The van der Waals surface area contributed by atoms with Crippen LogP contribution in [0.4, 0.5) is 0 Å². The molecule has 1 aliphatic carbocycles. The van der Waals surface area contributed by atoms with E-state index in [0.29, 0.717) is 36.2 Å². The van der Waals surface area contributed by atoms with Gasteiger partial charge in [-0.2, -0.15) is 5.10 Å². The van der Waals surface area contributed by atoms with Crippen molar-refractivity contribution in [2.24, 2.45) is 11.8 Å². The number of amides is 1. The fourth-order valence-electron chi connectivity index (χ4n) is 4.34. The highest BCUT2D eigenvalue weighted by Gasteiger charge is 2.53. The van der Waals surface area contributed by atoms with Crippen molar-refractivity contribution in [2.45, 2.75) is 25.9 Å². The van der Waals surface area contributed by atoms with Crippen molar-refractivity contribution in [3.63, 3.8) is 0 Å². The van der Waals surface area contributed by atoms with E-state index in [1.165, 1.54) is 0 Å². The Hall–Kier alpha value is -2.93. The van der Waals surface area contributed by atoms with Gasteiger partial charge in [-0.3, -0.25) is 14.3 Å². The maximum absolute atomic E-state index is 13.0. The maximum Gasteiger partial charge on any atom is 0.269 e. The molecule has 1 aliphatic heterocycles. The van der Waals surface area contributed by atoms with E-state index in [0.717, 1.165) is 29.6 Å². The van der Waals surface area contributed by atoms with Crippen LogP contribution in [-0.2, 0) is 6.54 Å². The molecule has 0 radical (unpaired) electrons. The van der Waals surface area contributed by atoms with E-state index >= 15 is 0 Å². The molecule has 2 fully saturated rings. The maximum atomic E-state index is 13.0. The smallest absolute Gasteiger partial charge is 0.269 e. The molecule has 1 unspecified atom stereocenters. The first kappa shape index (κ1) is 17.2. The number of piperidine rings is 1. The van der Waals surface area contributed by atoms with Crippen LogP contribution in [0, 0.1) is 11.8 Å². The zero-order valence-corrected chi connectivity index (χ0v) is 15.7. The predicted octanol–water partition coefficient (Wildman–Crippen LogP) is 1.95. The highest BCUT2D eigenvalue weighted by Crippen LogP contribution is 2.41. The number of H-pyrrole nitrogens is 1. The number of ketones is 1. The topological polar surface area (TPSA) is 91.8 Å². The second kappa shape index (κ2) is 6.60. The van der Waals surface area contributed by atoms with Gasteiger partial charge in [-0.15, -0.1) is 0 Å².